The predicted octanol–water partition coefficient (Wildman–Crippen LogP) is 7.00. The largest absolute Gasteiger partial charge is 0.417 e. The van der Waals surface area contributed by atoms with Crippen LogP contribution in [0.4, 0.5) is 24.8 Å². The Labute approximate surface area is 185 Å². The number of alkyl halides is 3. The van der Waals surface area contributed by atoms with E-state index in [1.165, 1.54) is 12.1 Å². The van der Waals surface area contributed by atoms with E-state index >= 15 is 0 Å². The van der Waals surface area contributed by atoms with E-state index in [1.807, 2.05) is 11.8 Å². The summed E-state index contributed by atoms with van der Waals surface area (Å²) in [5.74, 6) is 0.488. The molecular weight excluding hydrogens is 419 g/mol. The molecule has 172 valence electrons. The predicted molar refractivity (Wildman–Crippen MR) is 122 cm³/mol. The molecule has 1 aromatic carbocycles. The van der Waals surface area contributed by atoms with Crippen molar-refractivity contribution in [3.05, 3.63) is 47.8 Å². The number of nitrogens with zero attached hydrogens (tertiary/aromatic N) is 3. The van der Waals surface area contributed by atoms with Gasteiger partial charge in [-0.3, -0.25) is 0 Å². The Morgan fingerprint density at radius 3 is 2.03 bits per heavy atom. The highest BCUT2D eigenvalue weighted by molar-refractivity contribution is 6.74. The van der Waals surface area contributed by atoms with Crippen LogP contribution in [0.3, 0.4) is 0 Å². The number of unbranched alkanes of at least 4 members (excludes halogenated alkanes) is 1. The van der Waals surface area contributed by atoms with Gasteiger partial charge in [-0.1, -0.05) is 27.7 Å². The van der Waals surface area contributed by atoms with Crippen molar-refractivity contribution in [3.8, 4) is 0 Å². The van der Waals surface area contributed by atoms with Gasteiger partial charge >= 0.3 is 6.18 Å². The van der Waals surface area contributed by atoms with Crippen LogP contribution in [0.15, 0.2) is 36.7 Å². The zero-order chi connectivity index (χ0) is 23.3. The first-order chi connectivity index (χ1) is 14.3. The molecule has 0 saturated heterocycles. The third kappa shape index (κ3) is 7.03. The number of aryl methyl sites for hydroxylation is 1. The summed E-state index contributed by atoms with van der Waals surface area (Å²) in [6.07, 6.45) is 1.67. The van der Waals surface area contributed by atoms with Gasteiger partial charge in [0.15, 0.2) is 8.32 Å². The molecule has 0 bridgehead atoms. The molecule has 8 heteroatoms. The number of hydrogen-bond acceptors (Lipinski definition) is 4. The van der Waals surface area contributed by atoms with Gasteiger partial charge in [0.25, 0.3) is 0 Å². The second-order valence-electron chi connectivity index (χ2n) is 9.26. The molecule has 0 radical (unpaired) electrons. The SMILES string of the molecule is CCc1cnc(N(CCCCO[Si](C)(C)C(C)(C)C)c2ccc(C(F)(F)F)cc2)nc1. The molecule has 4 nitrogen and oxygen atoms in total. The van der Waals surface area contributed by atoms with Gasteiger partial charge in [-0.25, -0.2) is 9.97 Å². The number of halogens is 3. The van der Waals surface area contributed by atoms with E-state index in [4.69, 9.17) is 4.43 Å². The fraction of sp³-hybridized carbons (Fsp3) is 0.565. The lowest BCUT2D eigenvalue weighted by atomic mass is 10.2. The summed E-state index contributed by atoms with van der Waals surface area (Å²) in [5, 5.41) is 0.161. The van der Waals surface area contributed by atoms with Crippen molar-refractivity contribution >= 4 is 20.0 Å². The van der Waals surface area contributed by atoms with E-state index in [0.717, 1.165) is 37.0 Å². The van der Waals surface area contributed by atoms with E-state index in [-0.39, 0.29) is 5.04 Å². The fourth-order valence-electron chi connectivity index (χ4n) is 2.76. The number of aromatic nitrogens is 2. The first-order valence-corrected chi connectivity index (χ1v) is 13.7. The molecule has 1 aromatic heterocycles. The summed E-state index contributed by atoms with van der Waals surface area (Å²) >= 11 is 0. The maximum absolute atomic E-state index is 12.9. The average Bonchev–Trinajstić information content (AvgIpc) is 2.69. The Morgan fingerprint density at radius 2 is 1.55 bits per heavy atom. The zero-order valence-electron chi connectivity index (χ0n) is 19.4. The Kier molecular flexibility index (Phi) is 8.27. The van der Waals surface area contributed by atoms with E-state index in [0.29, 0.717) is 24.8 Å². The van der Waals surface area contributed by atoms with Gasteiger partial charge in [0.1, 0.15) is 0 Å². The Bertz CT molecular complexity index is 816. The minimum atomic E-state index is -4.36. The summed E-state index contributed by atoms with van der Waals surface area (Å²) in [4.78, 5) is 10.7. The molecule has 0 saturated carbocycles. The van der Waals surface area contributed by atoms with Gasteiger partial charge in [0.05, 0.1) is 5.56 Å². The van der Waals surface area contributed by atoms with Crippen molar-refractivity contribution in [1.82, 2.24) is 9.97 Å². The molecule has 0 unspecified atom stereocenters. The second-order valence-corrected chi connectivity index (χ2v) is 14.1. The first-order valence-electron chi connectivity index (χ1n) is 10.7. The molecule has 0 fully saturated rings. The van der Waals surface area contributed by atoms with Crippen LogP contribution in [-0.4, -0.2) is 31.4 Å². The molecule has 0 aliphatic rings. The summed E-state index contributed by atoms with van der Waals surface area (Å²) in [6, 6.07) is 5.16. The highest BCUT2D eigenvalue weighted by Gasteiger charge is 2.36. The van der Waals surface area contributed by atoms with Gasteiger partial charge in [0, 0.05) is 31.2 Å². The lowest BCUT2D eigenvalue weighted by Gasteiger charge is -2.36. The van der Waals surface area contributed by atoms with Gasteiger partial charge in [-0.05, 0) is 67.2 Å². The van der Waals surface area contributed by atoms with Gasteiger partial charge < -0.3 is 9.33 Å². The minimum Gasteiger partial charge on any atom is -0.417 e. The van der Waals surface area contributed by atoms with E-state index in [2.05, 4.69) is 43.8 Å². The van der Waals surface area contributed by atoms with Gasteiger partial charge in [-0.2, -0.15) is 13.2 Å². The van der Waals surface area contributed by atoms with Crippen molar-refractivity contribution in [1.29, 1.82) is 0 Å². The summed E-state index contributed by atoms with van der Waals surface area (Å²) in [7, 11) is -1.79. The highest BCUT2D eigenvalue weighted by Crippen LogP contribution is 2.36. The van der Waals surface area contributed by atoms with Crippen LogP contribution in [0, 0.1) is 0 Å². The van der Waals surface area contributed by atoms with Crippen molar-refractivity contribution in [2.75, 3.05) is 18.1 Å². The molecular formula is C23H34F3N3OSi. The van der Waals surface area contributed by atoms with Crippen LogP contribution in [0.2, 0.25) is 18.1 Å². The molecule has 0 aliphatic heterocycles. The van der Waals surface area contributed by atoms with E-state index < -0.39 is 20.1 Å². The highest BCUT2D eigenvalue weighted by atomic mass is 28.4. The van der Waals surface area contributed by atoms with Crippen molar-refractivity contribution in [2.45, 2.75) is 71.3 Å². The Morgan fingerprint density at radius 1 is 0.968 bits per heavy atom. The van der Waals surface area contributed by atoms with Crippen LogP contribution < -0.4 is 4.90 Å². The van der Waals surface area contributed by atoms with Crippen LogP contribution in [0.1, 0.15) is 51.7 Å². The van der Waals surface area contributed by atoms with Crippen molar-refractivity contribution in [2.24, 2.45) is 0 Å². The molecule has 1 heterocycles. The third-order valence-electron chi connectivity index (χ3n) is 5.89. The Balaban J connectivity index is 2.10. The van der Waals surface area contributed by atoms with Crippen LogP contribution in [-0.2, 0) is 17.0 Å². The summed E-state index contributed by atoms with van der Waals surface area (Å²) in [6.45, 7) is 14.4. The zero-order valence-corrected chi connectivity index (χ0v) is 20.4. The maximum atomic E-state index is 12.9. The first kappa shape index (κ1) is 25.3. The summed E-state index contributed by atoms with van der Waals surface area (Å²) < 4.78 is 45.1. The van der Waals surface area contributed by atoms with Gasteiger partial charge in [-0.15, -0.1) is 0 Å². The fourth-order valence-corrected chi connectivity index (χ4v) is 3.85. The standard InChI is InChI=1S/C23H34F3N3OSi/c1-7-18-16-27-21(28-17-18)29(20-12-10-19(11-13-20)23(24,25)26)14-8-9-15-30-31(5,6)22(2,3)4/h10-13,16-17H,7-9,14-15H2,1-6H3. The van der Waals surface area contributed by atoms with E-state index in [1.54, 1.807) is 12.4 Å². The van der Waals surface area contributed by atoms with Crippen molar-refractivity contribution < 1.29 is 17.6 Å². The quantitative estimate of drug-likeness (QED) is 0.303. The van der Waals surface area contributed by atoms with Crippen LogP contribution in [0.25, 0.3) is 0 Å². The van der Waals surface area contributed by atoms with Crippen molar-refractivity contribution in [3.63, 3.8) is 0 Å². The molecule has 0 N–H and O–H groups in total. The van der Waals surface area contributed by atoms with Crippen LogP contribution in [0.5, 0.6) is 0 Å². The third-order valence-corrected chi connectivity index (χ3v) is 10.4. The maximum Gasteiger partial charge on any atom is 0.416 e. The van der Waals surface area contributed by atoms with Crippen LogP contribution >= 0.6 is 0 Å². The smallest absolute Gasteiger partial charge is 0.416 e. The summed E-state index contributed by atoms with van der Waals surface area (Å²) in [5.41, 5.74) is 0.989. The Hall–Kier alpha value is -1.93. The van der Waals surface area contributed by atoms with Gasteiger partial charge in [0.2, 0.25) is 5.95 Å². The number of anilines is 2. The number of rotatable bonds is 9. The molecule has 2 aromatic rings. The molecule has 31 heavy (non-hydrogen) atoms. The molecule has 0 aliphatic carbocycles. The topological polar surface area (TPSA) is 38.2 Å². The number of hydrogen-bond donors (Lipinski definition) is 0. The second kappa shape index (κ2) is 10.1. The monoisotopic (exact) mass is 453 g/mol. The molecule has 0 atom stereocenters. The lowest BCUT2D eigenvalue weighted by molar-refractivity contribution is -0.137. The minimum absolute atomic E-state index is 0.161. The van der Waals surface area contributed by atoms with E-state index in [9.17, 15) is 13.2 Å². The lowest BCUT2D eigenvalue weighted by Crippen LogP contribution is -2.41. The normalized spacial score (nSPS) is 12.8. The molecule has 2 rings (SSSR count). The molecule has 0 spiro atoms. The number of benzene rings is 1. The average molecular weight is 454 g/mol. The molecule has 0 amide bonds.